The molecule has 0 aliphatic heterocycles. The quantitative estimate of drug-likeness (QED) is 0.630. The summed E-state index contributed by atoms with van der Waals surface area (Å²) in [6.45, 7) is 8.68. The average Bonchev–Trinajstić information content (AvgIpc) is 2.53. The van der Waals surface area contributed by atoms with E-state index in [4.69, 9.17) is 9.47 Å². The van der Waals surface area contributed by atoms with Crippen LogP contribution in [0.5, 0.6) is 5.75 Å². The van der Waals surface area contributed by atoms with Crippen LogP contribution in [0.25, 0.3) is 0 Å². The van der Waals surface area contributed by atoms with E-state index < -0.39 is 0 Å². The van der Waals surface area contributed by atoms with E-state index in [1.807, 2.05) is 25.1 Å². The van der Waals surface area contributed by atoms with E-state index in [1.165, 1.54) is 0 Å². The fraction of sp³-hybridized carbons (Fsp3) is 0.611. The van der Waals surface area contributed by atoms with E-state index in [1.54, 1.807) is 0 Å². The first-order valence-electron chi connectivity index (χ1n) is 8.34. The van der Waals surface area contributed by atoms with Crippen molar-refractivity contribution in [3.05, 3.63) is 29.3 Å². The van der Waals surface area contributed by atoms with E-state index in [0.717, 1.165) is 43.5 Å². The van der Waals surface area contributed by atoms with Gasteiger partial charge in [0, 0.05) is 24.3 Å². The molecule has 0 saturated carbocycles. The lowest BCUT2D eigenvalue weighted by molar-refractivity contribution is 0.0952. The second-order valence-electron chi connectivity index (χ2n) is 5.27. The number of unbranched alkanes of at least 4 members (excludes halogenated alkanes) is 2. The average molecular weight is 307 g/mol. The minimum absolute atomic E-state index is 0.0316. The Hall–Kier alpha value is -1.55. The number of benzene rings is 1. The molecule has 0 atom stereocenters. The van der Waals surface area contributed by atoms with Crippen LogP contribution in [0.2, 0.25) is 0 Å². The first-order valence-corrected chi connectivity index (χ1v) is 8.34. The number of hydrogen-bond donors (Lipinski definition) is 1. The summed E-state index contributed by atoms with van der Waals surface area (Å²) >= 11 is 0. The van der Waals surface area contributed by atoms with Gasteiger partial charge in [0.25, 0.3) is 5.91 Å². The van der Waals surface area contributed by atoms with Crippen molar-refractivity contribution in [3.8, 4) is 5.75 Å². The first kappa shape index (κ1) is 18.5. The summed E-state index contributed by atoms with van der Waals surface area (Å²) in [5.74, 6) is 0.761. The molecule has 0 aromatic heterocycles. The Balaban J connectivity index is 2.69. The number of nitrogens with one attached hydrogen (secondary N) is 1. The maximum atomic E-state index is 12.2. The zero-order valence-corrected chi connectivity index (χ0v) is 14.1. The van der Waals surface area contributed by atoms with Crippen LogP contribution in [0.15, 0.2) is 18.2 Å². The minimum Gasteiger partial charge on any atom is -0.494 e. The van der Waals surface area contributed by atoms with E-state index >= 15 is 0 Å². The topological polar surface area (TPSA) is 47.6 Å². The third-order valence-corrected chi connectivity index (χ3v) is 3.29. The van der Waals surface area contributed by atoms with Crippen molar-refractivity contribution < 1.29 is 14.3 Å². The third kappa shape index (κ3) is 6.48. The van der Waals surface area contributed by atoms with Crippen molar-refractivity contribution in [2.24, 2.45) is 0 Å². The summed E-state index contributed by atoms with van der Waals surface area (Å²) in [6, 6.07) is 5.54. The largest absolute Gasteiger partial charge is 0.494 e. The number of amides is 1. The molecule has 0 unspecified atom stereocenters. The van der Waals surface area contributed by atoms with Crippen LogP contribution in [-0.4, -0.2) is 25.7 Å². The predicted octanol–water partition coefficient (Wildman–Crippen LogP) is 3.93. The Bertz CT molecular complexity index is 446. The maximum Gasteiger partial charge on any atom is 0.251 e. The highest BCUT2D eigenvalue weighted by Crippen LogP contribution is 2.21. The lowest BCUT2D eigenvalue weighted by Gasteiger charge is -2.12. The summed E-state index contributed by atoms with van der Waals surface area (Å²) in [6.07, 6.45) is 4.28. The molecular weight excluding hydrogens is 278 g/mol. The fourth-order valence-electron chi connectivity index (χ4n) is 2.14. The summed E-state index contributed by atoms with van der Waals surface area (Å²) in [5, 5.41) is 2.96. The monoisotopic (exact) mass is 307 g/mol. The number of hydrogen-bond acceptors (Lipinski definition) is 3. The van der Waals surface area contributed by atoms with Crippen LogP contribution >= 0.6 is 0 Å². The van der Waals surface area contributed by atoms with Crippen LogP contribution in [0.3, 0.4) is 0 Å². The molecule has 0 aliphatic rings. The van der Waals surface area contributed by atoms with Gasteiger partial charge in [0.1, 0.15) is 5.75 Å². The molecule has 0 bridgehead atoms. The van der Waals surface area contributed by atoms with Crippen molar-refractivity contribution in [2.75, 3.05) is 19.8 Å². The van der Waals surface area contributed by atoms with Gasteiger partial charge in [0.05, 0.1) is 13.2 Å². The van der Waals surface area contributed by atoms with Crippen LogP contribution in [0, 0.1) is 0 Å². The SMILES string of the molecule is CCCCCNC(=O)c1ccc(OCC)c(COCCC)c1. The molecule has 1 aromatic carbocycles. The molecule has 1 rings (SSSR count). The van der Waals surface area contributed by atoms with Crippen molar-refractivity contribution in [2.45, 2.75) is 53.1 Å². The Labute approximate surface area is 134 Å². The first-order chi connectivity index (χ1) is 10.7. The summed E-state index contributed by atoms with van der Waals surface area (Å²) in [7, 11) is 0. The van der Waals surface area contributed by atoms with Crippen molar-refractivity contribution >= 4 is 5.91 Å². The van der Waals surface area contributed by atoms with Gasteiger partial charge in [-0.25, -0.2) is 0 Å². The molecule has 1 amide bonds. The predicted molar refractivity (Wildman–Crippen MR) is 89.4 cm³/mol. The van der Waals surface area contributed by atoms with Crippen LogP contribution in [-0.2, 0) is 11.3 Å². The van der Waals surface area contributed by atoms with E-state index in [9.17, 15) is 4.79 Å². The zero-order valence-electron chi connectivity index (χ0n) is 14.1. The van der Waals surface area contributed by atoms with Gasteiger partial charge in [-0.1, -0.05) is 26.7 Å². The van der Waals surface area contributed by atoms with E-state index in [0.29, 0.717) is 25.4 Å². The summed E-state index contributed by atoms with van der Waals surface area (Å²) < 4.78 is 11.2. The van der Waals surface area contributed by atoms with Crippen molar-refractivity contribution in [1.29, 1.82) is 0 Å². The maximum absolute atomic E-state index is 12.2. The van der Waals surface area contributed by atoms with Gasteiger partial charge >= 0.3 is 0 Å². The molecule has 0 radical (unpaired) electrons. The molecule has 0 heterocycles. The highest BCUT2D eigenvalue weighted by molar-refractivity contribution is 5.94. The molecule has 0 fully saturated rings. The third-order valence-electron chi connectivity index (χ3n) is 3.29. The van der Waals surface area contributed by atoms with Crippen LogP contribution < -0.4 is 10.1 Å². The van der Waals surface area contributed by atoms with E-state index in [2.05, 4.69) is 19.2 Å². The Morgan fingerprint density at radius 3 is 2.64 bits per heavy atom. The van der Waals surface area contributed by atoms with Gasteiger partial charge in [-0.3, -0.25) is 4.79 Å². The van der Waals surface area contributed by atoms with Crippen molar-refractivity contribution in [3.63, 3.8) is 0 Å². The number of ether oxygens (including phenoxy) is 2. The fourth-order valence-corrected chi connectivity index (χ4v) is 2.14. The highest BCUT2D eigenvalue weighted by atomic mass is 16.5. The molecule has 0 spiro atoms. The van der Waals surface area contributed by atoms with Crippen LogP contribution in [0.1, 0.15) is 62.4 Å². The zero-order chi connectivity index (χ0) is 16.2. The lowest BCUT2D eigenvalue weighted by atomic mass is 10.1. The van der Waals surface area contributed by atoms with Gasteiger partial charge in [-0.05, 0) is 38.0 Å². The standard InChI is InChI=1S/C18H29NO3/c1-4-7-8-11-19-18(20)15-9-10-17(22-6-3)16(13-15)14-21-12-5-2/h9-10,13H,4-8,11-12,14H2,1-3H3,(H,19,20). The van der Waals surface area contributed by atoms with Gasteiger partial charge in [-0.2, -0.15) is 0 Å². The van der Waals surface area contributed by atoms with Crippen LogP contribution in [0.4, 0.5) is 0 Å². The number of carbonyl (C=O) groups is 1. The Morgan fingerprint density at radius 1 is 1.14 bits per heavy atom. The normalized spacial score (nSPS) is 10.5. The minimum atomic E-state index is -0.0316. The Kier molecular flexibility index (Phi) is 9.31. The molecule has 1 N–H and O–H groups in total. The molecule has 0 aliphatic carbocycles. The molecule has 0 saturated heterocycles. The van der Waals surface area contributed by atoms with Gasteiger partial charge < -0.3 is 14.8 Å². The Morgan fingerprint density at radius 2 is 1.95 bits per heavy atom. The van der Waals surface area contributed by atoms with Gasteiger partial charge in [0.2, 0.25) is 0 Å². The molecular formula is C18H29NO3. The van der Waals surface area contributed by atoms with Gasteiger partial charge in [-0.15, -0.1) is 0 Å². The number of rotatable bonds is 11. The van der Waals surface area contributed by atoms with Crippen molar-refractivity contribution in [1.82, 2.24) is 5.32 Å². The lowest BCUT2D eigenvalue weighted by Crippen LogP contribution is -2.24. The second kappa shape index (κ2) is 11.1. The summed E-state index contributed by atoms with van der Waals surface area (Å²) in [5.41, 5.74) is 1.59. The molecule has 4 nitrogen and oxygen atoms in total. The molecule has 1 aromatic rings. The summed E-state index contributed by atoms with van der Waals surface area (Å²) in [4.78, 5) is 12.2. The second-order valence-corrected chi connectivity index (χ2v) is 5.27. The molecule has 4 heteroatoms. The highest BCUT2D eigenvalue weighted by Gasteiger charge is 2.10. The van der Waals surface area contributed by atoms with E-state index in [-0.39, 0.29) is 5.91 Å². The smallest absolute Gasteiger partial charge is 0.251 e. The molecule has 22 heavy (non-hydrogen) atoms. The molecule has 124 valence electrons. The van der Waals surface area contributed by atoms with Gasteiger partial charge in [0.15, 0.2) is 0 Å². The number of carbonyl (C=O) groups excluding carboxylic acids is 1.